The molecule has 0 saturated heterocycles. The van der Waals surface area contributed by atoms with Crippen LogP contribution in [0, 0.1) is 5.92 Å². The predicted octanol–water partition coefficient (Wildman–Crippen LogP) is 2.64. The lowest BCUT2D eigenvalue weighted by Crippen LogP contribution is -2.47. The molecule has 2 atom stereocenters. The Morgan fingerprint density at radius 1 is 1.04 bits per heavy atom. The monoisotopic (exact) mass is 383 g/mol. The van der Waals surface area contributed by atoms with Crippen molar-refractivity contribution < 1.29 is 14.3 Å². The molecule has 2 aromatic rings. The number of benzene rings is 2. The van der Waals surface area contributed by atoms with Gasteiger partial charge in [0.25, 0.3) is 0 Å². The SMILES string of the molecule is COc1ccccc1-c1ccc(C(C)NC(=O)CNC(=O)[C@@H](N)C(C)C)cc1. The molecule has 0 spiro atoms. The zero-order chi connectivity index (χ0) is 20.7. The number of nitrogens with one attached hydrogen (secondary N) is 2. The Kier molecular flexibility index (Phi) is 7.58. The summed E-state index contributed by atoms with van der Waals surface area (Å²) in [5.74, 6) is 0.250. The second-order valence-corrected chi connectivity index (χ2v) is 7.10. The summed E-state index contributed by atoms with van der Waals surface area (Å²) in [5.41, 5.74) is 8.79. The predicted molar refractivity (Wildman–Crippen MR) is 111 cm³/mol. The third kappa shape index (κ3) is 5.57. The first-order valence-corrected chi connectivity index (χ1v) is 9.39. The van der Waals surface area contributed by atoms with Crippen LogP contribution in [-0.2, 0) is 9.59 Å². The summed E-state index contributed by atoms with van der Waals surface area (Å²) < 4.78 is 5.41. The molecule has 0 bridgehead atoms. The molecule has 0 saturated carbocycles. The van der Waals surface area contributed by atoms with E-state index in [2.05, 4.69) is 10.6 Å². The molecule has 0 aliphatic carbocycles. The maximum atomic E-state index is 12.1. The van der Waals surface area contributed by atoms with Gasteiger partial charge in [-0.1, -0.05) is 56.3 Å². The highest BCUT2D eigenvalue weighted by Crippen LogP contribution is 2.30. The van der Waals surface area contributed by atoms with Gasteiger partial charge in [0.15, 0.2) is 0 Å². The van der Waals surface area contributed by atoms with E-state index in [0.29, 0.717) is 0 Å². The lowest BCUT2D eigenvalue weighted by Gasteiger charge is -2.17. The number of ether oxygens (including phenoxy) is 1. The number of nitrogens with two attached hydrogens (primary N) is 1. The van der Waals surface area contributed by atoms with Gasteiger partial charge in [-0.15, -0.1) is 0 Å². The maximum Gasteiger partial charge on any atom is 0.239 e. The molecule has 0 aromatic heterocycles. The lowest BCUT2D eigenvalue weighted by molar-refractivity contribution is -0.127. The molecule has 1 unspecified atom stereocenters. The lowest BCUT2D eigenvalue weighted by atomic mass is 10.0. The molecule has 0 heterocycles. The average Bonchev–Trinajstić information content (AvgIpc) is 2.71. The van der Waals surface area contributed by atoms with Gasteiger partial charge >= 0.3 is 0 Å². The van der Waals surface area contributed by atoms with E-state index in [9.17, 15) is 9.59 Å². The van der Waals surface area contributed by atoms with Crippen LogP contribution in [0.25, 0.3) is 11.1 Å². The minimum absolute atomic E-state index is 0.0174. The fourth-order valence-electron chi connectivity index (χ4n) is 2.80. The smallest absolute Gasteiger partial charge is 0.239 e. The minimum atomic E-state index is -0.618. The van der Waals surface area contributed by atoms with Crippen LogP contribution in [-0.4, -0.2) is 31.5 Å². The Bertz CT molecular complexity index is 803. The van der Waals surface area contributed by atoms with Gasteiger partial charge in [-0.2, -0.15) is 0 Å². The topological polar surface area (TPSA) is 93.5 Å². The van der Waals surface area contributed by atoms with E-state index < -0.39 is 6.04 Å². The molecule has 150 valence electrons. The number of amides is 2. The first-order chi connectivity index (χ1) is 13.3. The Morgan fingerprint density at radius 3 is 2.29 bits per heavy atom. The molecule has 2 aromatic carbocycles. The van der Waals surface area contributed by atoms with Gasteiger partial charge in [0.05, 0.1) is 25.7 Å². The van der Waals surface area contributed by atoms with E-state index in [-0.39, 0.29) is 30.3 Å². The van der Waals surface area contributed by atoms with Crippen molar-refractivity contribution in [1.82, 2.24) is 10.6 Å². The van der Waals surface area contributed by atoms with Crippen molar-refractivity contribution in [2.75, 3.05) is 13.7 Å². The van der Waals surface area contributed by atoms with Gasteiger partial charge in [0.2, 0.25) is 11.8 Å². The van der Waals surface area contributed by atoms with Crippen molar-refractivity contribution in [3.05, 3.63) is 54.1 Å². The van der Waals surface area contributed by atoms with Gasteiger partial charge in [0, 0.05) is 5.56 Å². The Labute approximate surface area is 166 Å². The Hall–Kier alpha value is -2.86. The molecule has 2 rings (SSSR count). The van der Waals surface area contributed by atoms with Gasteiger partial charge in [-0.3, -0.25) is 9.59 Å². The van der Waals surface area contributed by atoms with E-state index in [0.717, 1.165) is 22.4 Å². The highest BCUT2D eigenvalue weighted by molar-refractivity contribution is 5.87. The van der Waals surface area contributed by atoms with Crippen LogP contribution in [0.5, 0.6) is 5.75 Å². The zero-order valence-electron chi connectivity index (χ0n) is 16.9. The first-order valence-electron chi connectivity index (χ1n) is 9.39. The number of para-hydroxylation sites is 1. The second kappa shape index (κ2) is 9.90. The van der Waals surface area contributed by atoms with Crippen LogP contribution < -0.4 is 21.1 Å². The fraction of sp³-hybridized carbons (Fsp3) is 0.364. The van der Waals surface area contributed by atoms with Crippen molar-refractivity contribution in [3.63, 3.8) is 0 Å². The summed E-state index contributed by atoms with van der Waals surface area (Å²) in [6.07, 6.45) is 0. The molecule has 0 radical (unpaired) electrons. The van der Waals surface area contributed by atoms with Gasteiger partial charge < -0.3 is 21.1 Å². The highest BCUT2D eigenvalue weighted by Gasteiger charge is 2.18. The van der Waals surface area contributed by atoms with E-state index in [1.54, 1.807) is 7.11 Å². The van der Waals surface area contributed by atoms with Crippen molar-refractivity contribution in [2.45, 2.75) is 32.9 Å². The number of carbonyl (C=O) groups excluding carboxylic acids is 2. The summed E-state index contributed by atoms with van der Waals surface area (Å²) in [5, 5.41) is 5.46. The van der Waals surface area contributed by atoms with E-state index in [1.165, 1.54) is 0 Å². The van der Waals surface area contributed by atoms with Crippen molar-refractivity contribution in [3.8, 4) is 16.9 Å². The Balaban J connectivity index is 1.95. The van der Waals surface area contributed by atoms with Gasteiger partial charge in [0.1, 0.15) is 5.75 Å². The zero-order valence-corrected chi connectivity index (χ0v) is 16.9. The van der Waals surface area contributed by atoms with Crippen LogP contribution >= 0.6 is 0 Å². The molecule has 0 aliphatic heterocycles. The molecule has 6 nitrogen and oxygen atoms in total. The first kappa shape index (κ1) is 21.4. The third-order valence-corrected chi connectivity index (χ3v) is 4.65. The standard InChI is InChI=1S/C22H29N3O3/c1-14(2)21(23)22(27)24-13-20(26)25-15(3)16-9-11-17(12-10-16)18-7-5-6-8-19(18)28-4/h5-12,14-15,21H,13,23H2,1-4H3,(H,24,27)(H,25,26)/t15?,21-/m0/s1. The fourth-order valence-corrected chi connectivity index (χ4v) is 2.80. The third-order valence-electron chi connectivity index (χ3n) is 4.65. The summed E-state index contributed by atoms with van der Waals surface area (Å²) >= 11 is 0. The molecule has 0 fully saturated rings. The molecular weight excluding hydrogens is 354 g/mol. The maximum absolute atomic E-state index is 12.1. The normalized spacial score (nSPS) is 12.9. The summed E-state index contributed by atoms with van der Waals surface area (Å²) in [6.45, 7) is 5.53. The summed E-state index contributed by atoms with van der Waals surface area (Å²) in [6, 6.07) is 15.0. The Morgan fingerprint density at radius 2 is 1.68 bits per heavy atom. The van der Waals surface area contributed by atoms with E-state index in [4.69, 9.17) is 10.5 Å². The summed E-state index contributed by atoms with van der Waals surface area (Å²) in [4.78, 5) is 24.0. The van der Waals surface area contributed by atoms with Crippen molar-refractivity contribution in [1.29, 1.82) is 0 Å². The molecule has 28 heavy (non-hydrogen) atoms. The second-order valence-electron chi connectivity index (χ2n) is 7.10. The molecule has 6 heteroatoms. The van der Waals surface area contributed by atoms with Crippen molar-refractivity contribution in [2.24, 2.45) is 11.7 Å². The quantitative estimate of drug-likeness (QED) is 0.653. The highest BCUT2D eigenvalue weighted by atomic mass is 16.5. The van der Waals surface area contributed by atoms with Crippen molar-refractivity contribution >= 4 is 11.8 Å². The largest absolute Gasteiger partial charge is 0.496 e. The van der Waals surface area contributed by atoms with Crippen LogP contribution in [0.2, 0.25) is 0 Å². The van der Waals surface area contributed by atoms with E-state index >= 15 is 0 Å². The van der Waals surface area contributed by atoms with E-state index in [1.807, 2.05) is 69.3 Å². The number of hydrogen-bond donors (Lipinski definition) is 3. The van der Waals surface area contributed by atoms with Crippen LogP contribution in [0.15, 0.2) is 48.5 Å². The number of rotatable bonds is 8. The summed E-state index contributed by atoms with van der Waals surface area (Å²) in [7, 11) is 1.65. The molecule has 2 amide bonds. The number of methoxy groups -OCH3 is 1. The number of carbonyl (C=O) groups is 2. The van der Waals surface area contributed by atoms with Crippen LogP contribution in [0.3, 0.4) is 0 Å². The number of hydrogen-bond acceptors (Lipinski definition) is 4. The molecular formula is C22H29N3O3. The molecule has 0 aliphatic rings. The van der Waals surface area contributed by atoms with Gasteiger partial charge in [-0.25, -0.2) is 0 Å². The van der Waals surface area contributed by atoms with Crippen LogP contribution in [0.4, 0.5) is 0 Å². The molecule has 4 N–H and O–H groups in total. The van der Waals surface area contributed by atoms with Crippen LogP contribution in [0.1, 0.15) is 32.4 Å². The van der Waals surface area contributed by atoms with Gasteiger partial charge in [-0.05, 0) is 30.0 Å². The minimum Gasteiger partial charge on any atom is -0.496 e. The average molecular weight is 383 g/mol.